The van der Waals surface area contributed by atoms with Crippen LogP contribution in [-0.2, 0) is 11.2 Å². The third-order valence-electron chi connectivity index (χ3n) is 2.03. The molecule has 88 valence electrons. The van der Waals surface area contributed by atoms with Crippen LogP contribution in [-0.4, -0.2) is 23.2 Å². The van der Waals surface area contributed by atoms with E-state index in [4.69, 9.17) is 0 Å². The second-order valence-electron chi connectivity index (χ2n) is 4.36. The van der Waals surface area contributed by atoms with E-state index in [0.717, 1.165) is 0 Å². The number of nitrogens with one attached hydrogen (secondary N) is 1. The van der Waals surface area contributed by atoms with Gasteiger partial charge in [-0.25, -0.2) is 4.39 Å². The first-order chi connectivity index (χ1) is 7.38. The first kappa shape index (κ1) is 12.6. The largest absolute Gasteiger partial charge is 0.389 e. The van der Waals surface area contributed by atoms with Gasteiger partial charge in [0.1, 0.15) is 5.82 Å². The number of amides is 1. The van der Waals surface area contributed by atoms with Gasteiger partial charge in [-0.05, 0) is 25.5 Å². The van der Waals surface area contributed by atoms with Crippen molar-refractivity contribution in [3.63, 3.8) is 0 Å². The Bertz CT molecular complexity index is 372. The zero-order chi connectivity index (χ0) is 12.2. The summed E-state index contributed by atoms with van der Waals surface area (Å²) >= 11 is 0. The number of hydrogen-bond acceptors (Lipinski definition) is 2. The van der Waals surface area contributed by atoms with Gasteiger partial charge in [-0.2, -0.15) is 0 Å². The van der Waals surface area contributed by atoms with E-state index >= 15 is 0 Å². The molecule has 0 aromatic heterocycles. The molecule has 0 aliphatic heterocycles. The van der Waals surface area contributed by atoms with Gasteiger partial charge < -0.3 is 10.4 Å². The predicted molar refractivity (Wildman–Crippen MR) is 59.4 cm³/mol. The van der Waals surface area contributed by atoms with E-state index in [0.29, 0.717) is 5.56 Å². The maximum atomic E-state index is 13.2. The molecule has 0 heterocycles. The Kier molecular flexibility index (Phi) is 4.01. The topological polar surface area (TPSA) is 49.3 Å². The van der Waals surface area contributed by atoms with Crippen molar-refractivity contribution in [3.8, 4) is 0 Å². The highest BCUT2D eigenvalue weighted by Crippen LogP contribution is 2.07. The highest BCUT2D eigenvalue weighted by Gasteiger charge is 2.14. The number of hydrogen-bond donors (Lipinski definition) is 2. The Morgan fingerprint density at radius 2 is 2.06 bits per heavy atom. The summed E-state index contributed by atoms with van der Waals surface area (Å²) in [7, 11) is 0. The highest BCUT2D eigenvalue weighted by molar-refractivity contribution is 5.78. The van der Waals surface area contributed by atoms with Gasteiger partial charge >= 0.3 is 0 Å². The summed E-state index contributed by atoms with van der Waals surface area (Å²) < 4.78 is 13.2. The molecule has 0 radical (unpaired) electrons. The van der Waals surface area contributed by atoms with Crippen molar-refractivity contribution in [2.24, 2.45) is 0 Å². The van der Waals surface area contributed by atoms with Crippen LogP contribution in [0.2, 0.25) is 0 Å². The fraction of sp³-hybridized carbons (Fsp3) is 0.417. The number of carbonyl (C=O) groups excluding carboxylic acids is 1. The van der Waals surface area contributed by atoms with E-state index < -0.39 is 5.60 Å². The molecule has 0 fully saturated rings. The zero-order valence-electron chi connectivity index (χ0n) is 9.46. The number of benzene rings is 1. The minimum atomic E-state index is -0.953. The van der Waals surface area contributed by atoms with E-state index in [1.807, 2.05) is 0 Å². The van der Waals surface area contributed by atoms with Crippen molar-refractivity contribution < 1.29 is 14.3 Å². The van der Waals surface area contributed by atoms with E-state index in [9.17, 15) is 14.3 Å². The van der Waals surface area contributed by atoms with Gasteiger partial charge in [0.05, 0.1) is 12.0 Å². The fourth-order valence-electron chi connectivity index (χ4n) is 1.19. The minimum absolute atomic E-state index is 0.0112. The predicted octanol–water partition coefficient (Wildman–Crippen LogP) is 1.26. The number of carbonyl (C=O) groups is 1. The summed E-state index contributed by atoms with van der Waals surface area (Å²) in [6, 6.07) is 6.15. The maximum absolute atomic E-state index is 13.2. The van der Waals surface area contributed by atoms with Gasteiger partial charge in [0.25, 0.3) is 0 Å². The van der Waals surface area contributed by atoms with Gasteiger partial charge in [0.2, 0.25) is 5.91 Å². The molecule has 2 N–H and O–H groups in total. The van der Waals surface area contributed by atoms with Crippen LogP contribution >= 0.6 is 0 Å². The molecule has 1 aromatic rings. The van der Waals surface area contributed by atoms with Crippen molar-refractivity contribution in [3.05, 3.63) is 35.6 Å². The summed E-state index contributed by atoms with van der Waals surface area (Å²) in [5.41, 5.74) is -0.596. The lowest BCUT2D eigenvalue weighted by Crippen LogP contribution is -2.38. The van der Waals surface area contributed by atoms with Crippen LogP contribution < -0.4 is 5.32 Å². The van der Waals surface area contributed by atoms with Crippen LogP contribution in [0.3, 0.4) is 0 Å². The molecule has 0 aliphatic carbocycles. The van der Waals surface area contributed by atoms with Gasteiger partial charge in [0, 0.05) is 6.54 Å². The molecule has 0 saturated heterocycles. The fourth-order valence-corrected chi connectivity index (χ4v) is 1.19. The number of rotatable bonds is 4. The van der Waals surface area contributed by atoms with Crippen molar-refractivity contribution in [1.29, 1.82) is 0 Å². The number of aliphatic hydroxyl groups is 1. The minimum Gasteiger partial charge on any atom is -0.389 e. The summed E-state index contributed by atoms with van der Waals surface area (Å²) in [4.78, 5) is 11.4. The van der Waals surface area contributed by atoms with Gasteiger partial charge in [-0.3, -0.25) is 4.79 Å². The normalized spacial score (nSPS) is 11.2. The lowest BCUT2D eigenvalue weighted by molar-refractivity contribution is -0.121. The lowest BCUT2D eigenvalue weighted by Gasteiger charge is -2.17. The third-order valence-corrected chi connectivity index (χ3v) is 2.03. The standard InChI is InChI=1S/C12H16FNO2/c1-12(2,16)8-14-11(15)7-9-5-3-4-6-10(9)13/h3-6,16H,7-8H2,1-2H3,(H,14,15). The molecule has 3 nitrogen and oxygen atoms in total. The van der Waals surface area contributed by atoms with Crippen LogP contribution in [0.15, 0.2) is 24.3 Å². The molecule has 0 saturated carbocycles. The number of halogens is 1. The van der Waals surface area contributed by atoms with E-state index in [-0.39, 0.29) is 24.7 Å². The monoisotopic (exact) mass is 225 g/mol. The molecule has 1 aromatic carbocycles. The second kappa shape index (κ2) is 5.07. The lowest BCUT2D eigenvalue weighted by atomic mass is 10.1. The Morgan fingerprint density at radius 3 is 2.62 bits per heavy atom. The summed E-state index contributed by atoms with van der Waals surface area (Å²) in [5, 5.41) is 11.9. The van der Waals surface area contributed by atoms with Crippen molar-refractivity contribution in [1.82, 2.24) is 5.32 Å². The molecule has 0 aliphatic rings. The van der Waals surface area contributed by atoms with E-state index in [2.05, 4.69) is 5.32 Å². The average molecular weight is 225 g/mol. The second-order valence-corrected chi connectivity index (χ2v) is 4.36. The van der Waals surface area contributed by atoms with E-state index in [1.165, 1.54) is 6.07 Å². The Hall–Kier alpha value is -1.42. The van der Waals surface area contributed by atoms with Crippen LogP contribution in [0.5, 0.6) is 0 Å². The Labute approximate surface area is 94.3 Å². The first-order valence-electron chi connectivity index (χ1n) is 5.11. The van der Waals surface area contributed by atoms with Gasteiger partial charge in [0.15, 0.2) is 0 Å². The Morgan fingerprint density at radius 1 is 1.44 bits per heavy atom. The van der Waals surface area contributed by atoms with Crippen LogP contribution in [0.25, 0.3) is 0 Å². The summed E-state index contributed by atoms with van der Waals surface area (Å²) in [5.74, 6) is -0.687. The smallest absolute Gasteiger partial charge is 0.224 e. The SMILES string of the molecule is CC(C)(O)CNC(=O)Cc1ccccc1F. The Balaban J connectivity index is 2.50. The molecular weight excluding hydrogens is 209 g/mol. The third kappa shape index (κ3) is 4.40. The zero-order valence-corrected chi connectivity index (χ0v) is 9.46. The molecule has 4 heteroatoms. The molecule has 0 atom stereocenters. The molecular formula is C12H16FNO2. The van der Waals surface area contributed by atoms with Gasteiger partial charge in [-0.1, -0.05) is 18.2 Å². The molecule has 0 spiro atoms. The van der Waals surface area contributed by atoms with Crippen molar-refractivity contribution >= 4 is 5.91 Å². The van der Waals surface area contributed by atoms with E-state index in [1.54, 1.807) is 32.0 Å². The van der Waals surface area contributed by atoms with Crippen molar-refractivity contribution in [2.75, 3.05) is 6.54 Å². The highest BCUT2D eigenvalue weighted by atomic mass is 19.1. The quantitative estimate of drug-likeness (QED) is 0.810. The molecule has 0 unspecified atom stereocenters. The van der Waals surface area contributed by atoms with Crippen LogP contribution in [0.1, 0.15) is 19.4 Å². The maximum Gasteiger partial charge on any atom is 0.224 e. The van der Waals surface area contributed by atoms with Crippen LogP contribution in [0.4, 0.5) is 4.39 Å². The summed E-state index contributed by atoms with van der Waals surface area (Å²) in [6.07, 6.45) is -0.0112. The molecule has 16 heavy (non-hydrogen) atoms. The first-order valence-corrected chi connectivity index (χ1v) is 5.11. The molecule has 1 amide bonds. The molecule has 0 bridgehead atoms. The summed E-state index contributed by atoms with van der Waals surface area (Å²) in [6.45, 7) is 3.34. The average Bonchev–Trinajstić information content (AvgIpc) is 2.18. The molecule has 1 rings (SSSR count). The van der Waals surface area contributed by atoms with Crippen LogP contribution in [0, 0.1) is 5.82 Å². The van der Waals surface area contributed by atoms with Crippen molar-refractivity contribution in [2.45, 2.75) is 25.9 Å². The van der Waals surface area contributed by atoms with Gasteiger partial charge in [-0.15, -0.1) is 0 Å².